The maximum atomic E-state index is 13.1. The summed E-state index contributed by atoms with van der Waals surface area (Å²) in [5.74, 6) is 0.818. The molecule has 1 N–H and O–H groups in total. The number of likely N-dealkylation sites (tertiary alicyclic amines) is 1. The summed E-state index contributed by atoms with van der Waals surface area (Å²) in [5, 5.41) is 14.2. The van der Waals surface area contributed by atoms with Gasteiger partial charge in [-0.05, 0) is 25.2 Å². The van der Waals surface area contributed by atoms with Crippen molar-refractivity contribution in [3.63, 3.8) is 0 Å². The lowest BCUT2D eigenvalue weighted by atomic mass is 9.80. The van der Waals surface area contributed by atoms with Crippen LogP contribution in [0, 0.1) is 5.92 Å². The molecule has 6 nitrogen and oxygen atoms in total. The van der Waals surface area contributed by atoms with Crippen LogP contribution in [0.3, 0.4) is 0 Å². The van der Waals surface area contributed by atoms with E-state index in [0.717, 1.165) is 18.4 Å². The van der Waals surface area contributed by atoms with Gasteiger partial charge in [0.25, 0.3) is 5.91 Å². The molecule has 2 saturated heterocycles. The number of aliphatic hydroxyl groups excluding tert-OH is 1. The molecule has 2 fully saturated rings. The smallest absolute Gasteiger partial charge is 0.259 e. The number of ether oxygens (including phenoxy) is 1. The van der Waals surface area contributed by atoms with E-state index in [9.17, 15) is 9.90 Å². The Balaban J connectivity index is 1.46. The SMILES string of the molecule is CC(C)[C@H]1C[C@@H](O)CC2(CCN(C(=O)c3cnoc3-c3ccccc3)CC2)O1. The summed E-state index contributed by atoms with van der Waals surface area (Å²) in [6.45, 7) is 5.48. The fourth-order valence-electron chi connectivity index (χ4n) is 4.41. The second-order valence-electron chi connectivity index (χ2n) is 8.40. The van der Waals surface area contributed by atoms with Gasteiger partial charge in [-0.15, -0.1) is 0 Å². The minimum absolute atomic E-state index is 0.0632. The zero-order valence-electron chi connectivity index (χ0n) is 16.5. The van der Waals surface area contributed by atoms with Gasteiger partial charge >= 0.3 is 0 Å². The number of carbonyl (C=O) groups is 1. The van der Waals surface area contributed by atoms with E-state index in [2.05, 4.69) is 19.0 Å². The van der Waals surface area contributed by atoms with Crippen molar-refractivity contribution in [2.45, 2.75) is 57.3 Å². The van der Waals surface area contributed by atoms with Gasteiger partial charge in [-0.3, -0.25) is 4.79 Å². The fourth-order valence-corrected chi connectivity index (χ4v) is 4.41. The third kappa shape index (κ3) is 3.71. The number of piperidine rings is 1. The van der Waals surface area contributed by atoms with Crippen LogP contribution in [0.15, 0.2) is 41.1 Å². The predicted octanol–water partition coefficient (Wildman–Crippen LogP) is 3.51. The first-order chi connectivity index (χ1) is 13.5. The summed E-state index contributed by atoms with van der Waals surface area (Å²) in [6.07, 6.45) is 4.09. The average molecular weight is 384 g/mol. The molecule has 1 amide bonds. The quantitative estimate of drug-likeness (QED) is 0.876. The van der Waals surface area contributed by atoms with Crippen LogP contribution in [0.5, 0.6) is 0 Å². The molecule has 1 aromatic heterocycles. The lowest BCUT2D eigenvalue weighted by Gasteiger charge is -2.48. The van der Waals surface area contributed by atoms with E-state index in [0.29, 0.717) is 43.2 Å². The monoisotopic (exact) mass is 384 g/mol. The first-order valence-electron chi connectivity index (χ1n) is 10.1. The van der Waals surface area contributed by atoms with Crippen molar-refractivity contribution >= 4 is 5.91 Å². The van der Waals surface area contributed by atoms with Gasteiger partial charge in [0.1, 0.15) is 5.56 Å². The van der Waals surface area contributed by atoms with Gasteiger partial charge < -0.3 is 19.3 Å². The molecule has 0 unspecified atom stereocenters. The van der Waals surface area contributed by atoms with E-state index in [1.54, 1.807) is 0 Å². The fraction of sp³-hybridized carbons (Fsp3) is 0.545. The Labute approximate surface area is 165 Å². The molecule has 1 aromatic carbocycles. The van der Waals surface area contributed by atoms with Crippen LogP contribution in [0.2, 0.25) is 0 Å². The number of aliphatic hydroxyl groups is 1. The molecule has 0 bridgehead atoms. The molecule has 0 saturated carbocycles. The van der Waals surface area contributed by atoms with Gasteiger partial charge in [-0.25, -0.2) is 0 Å². The minimum atomic E-state index is -0.328. The summed E-state index contributed by atoms with van der Waals surface area (Å²) >= 11 is 0. The van der Waals surface area contributed by atoms with Crippen molar-refractivity contribution < 1.29 is 19.2 Å². The Kier molecular flexibility index (Phi) is 5.25. The van der Waals surface area contributed by atoms with Crippen LogP contribution in [0.4, 0.5) is 0 Å². The van der Waals surface area contributed by atoms with Crippen molar-refractivity contribution in [1.29, 1.82) is 0 Å². The van der Waals surface area contributed by atoms with E-state index in [4.69, 9.17) is 9.26 Å². The first kappa shape index (κ1) is 19.2. The first-order valence-corrected chi connectivity index (χ1v) is 10.1. The molecule has 2 atom stereocenters. The summed E-state index contributed by atoms with van der Waals surface area (Å²) in [7, 11) is 0. The highest BCUT2D eigenvalue weighted by atomic mass is 16.5. The van der Waals surface area contributed by atoms with E-state index in [1.807, 2.05) is 35.2 Å². The van der Waals surface area contributed by atoms with E-state index < -0.39 is 0 Å². The summed E-state index contributed by atoms with van der Waals surface area (Å²) in [4.78, 5) is 14.9. The van der Waals surface area contributed by atoms with Crippen LogP contribution < -0.4 is 0 Å². The molecule has 2 aliphatic rings. The van der Waals surface area contributed by atoms with Gasteiger partial charge in [-0.1, -0.05) is 49.3 Å². The Morgan fingerprint density at radius 2 is 1.96 bits per heavy atom. The average Bonchev–Trinajstić information content (AvgIpc) is 3.18. The number of carbonyl (C=O) groups excluding carboxylic acids is 1. The highest BCUT2D eigenvalue weighted by molar-refractivity contribution is 5.99. The molecule has 4 rings (SSSR count). The molecule has 2 aromatic rings. The second-order valence-corrected chi connectivity index (χ2v) is 8.40. The Morgan fingerprint density at radius 3 is 2.64 bits per heavy atom. The molecule has 28 heavy (non-hydrogen) atoms. The number of hydrogen-bond donors (Lipinski definition) is 1. The Hall–Kier alpha value is -2.18. The molecule has 3 heterocycles. The Bertz CT molecular complexity index is 809. The van der Waals surface area contributed by atoms with Crippen LogP contribution in [0.25, 0.3) is 11.3 Å². The van der Waals surface area contributed by atoms with Crippen LogP contribution in [-0.4, -0.2) is 52.0 Å². The third-order valence-electron chi connectivity index (χ3n) is 6.06. The zero-order valence-corrected chi connectivity index (χ0v) is 16.5. The summed E-state index contributed by atoms with van der Waals surface area (Å²) in [5.41, 5.74) is 1.02. The molecule has 0 radical (unpaired) electrons. The van der Waals surface area contributed by atoms with Crippen molar-refractivity contribution in [2.24, 2.45) is 5.92 Å². The van der Waals surface area contributed by atoms with E-state index >= 15 is 0 Å². The topological polar surface area (TPSA) is 75.8 Å². The molecular formula is C22H28N2O4. The highest BCUT2D eigenvalue weighted by Gasteiger charge is 2.44. The molecular weight excluding hydrogens is 356 g/mol. The number of benzene rings is 1. The number of aromatic nitrogens is 1. The normalized spacial score (nSPS) is 24.6. The largest absolute Gasteiger partial charge is 0.393 e. The number of nitrogens with zero attached hydrogens (tertiary/aromatic N) is 2. The predicted molar refractivity (Wildman–Crippen MR) is 105 cm³/mol. The second kappa shape index (κ2) is 7.68. The lowest BCUT2D eigenvalue weighted by molar-refractivity contribution is -0.190. The van der Waals surface area contributed by atoms with E-state index in [-0.39, 0.29) is 23.7 Å². The van der Waals surface area contributed by atoms with Crippen molar-refractivity contribution in [3.05, 3.63) is 42.1 Å². The Morgan fingerprint density at radius 1 is 1.25 bits per heavy atom. The summed E-state index contributed by atoms with van der Waals surface area (Å²) in [6, 6.07) is 9.56. The zero-order chi connectivity index (χ0) is 19.7. The molecule has 150 valence electrons. The van der Waals surface area contributed by atoms with Gasteiger partial charge in [0.05, 0.1) is 24.0 Å². The number of rotatable bonds is 3. The van der Waals surface area contributed by atoms with Crippen molar-refractivity contribution in [3.8, 4) is 11.3 Å². The molecule has 2 aliphatic heterocycles. The molecule has 6 heteroatoms. The molecule has 0 aliphatic carbocycles. The maximum absolute atomic E-state index is 13.1. The molecule has 1 spiro atoms. The van der Waals surface area contributed by atoms with Crippen molar-refractivity contribution in [1.82, 2.24) is 10.1 Å². The summed E-state index contributed by atoms with van der Waals surface area (Å²) < 4.78 is 11.8. The van der Waals surface area contributed by atoms with Gasteiger partial charge in [0, 0.05) is 25.1 Å². The van der Waals surface area contributed by atoms with Crippen LogP contribution in [0.1, 0.15) is 49.9 Å². The third-order valence-corrected chi connectivity index (χ3v) is 6.06. The number of hydrogen-bond acceptors (Lipinski definition) is 5. The van der Waals surface area contributed by atoms with E-state index in [1.165, 1.54) is 6.20 Å². The minimum Gasteiger partial charge on any atom is -0.393 e. The highest BCUT2D eigenvalue weighted by Crippen LogP contribution is 2.39. The van der Waals surface area contributed by atoms with Gasteiger partial charge in [-0.2, -0.15) is 0 Å². The van der Waals surface area contributed by atoms with Crippen LogP contribution in [-0.2, 0) is 4.74 Å². The van der Waals surface area contributed by atoms with Crippen LogP contribution >= 0.6 is 0 Å². The lowest BCUT2D eigenvalue weighted by Crippen LogP contribution is -2.54. The number of amides is 1. The van der Waals surface area contributed by atoms with Crippen molar-refractivity contribution in [2.75, 3.05) is 13.1 Å². The van der Waals surface area contributed by atoms with Gasteiger partial charge in [0.15, 0.2) is 5.76 Å². The van der Waals surface area contributed by atoms with Gasteiger partial charge in [0.2, 0.25) is 0 Å². The maximum Gasteiger partial charge on any atom is 0.259 e. The standard InChI is InChI=1S/C22H28N2O4/c1-15(2)19-12-17(25)13-22(27-19)8-10-24(11-9-22)21(26)18-14-23-28-20(18)16-6-4-3-5-7-16/h3-7,14-15,17,19,25H,8-13H2,1-2H3/t17-,19-/m1/s1.